The van der Waals surface area contributed by atoms with Crippen LogP contribution in [0.1, 0.15) is 25.2 Å². The quantitative estimate of drug-likeness (QED) is 0.784. The van der Waals surface area contributed by atoms with Crippen LogP contribution in [0.15, 0.2) is 18.2 Å². The Labute approximate surface area is 116 Å². The van der Waals surface area contributed by atoms with Crippen molar-refractivity contribution in [1.82, 2.24) is 9.36 Å². The summed E-state index contributed by atoms with van der Waals surface area (Å²) in [5.74, 6) is 1.50. The van der Waals surface area contributed by atoms with Gasteiger partial charge in [-0.05, 0) is 18.1 Å². The first-order valence-electron chi connectivity index (χ1n) is 6.12. The van der Waals surface area contributed by atoms with Gasteiger partial charge in [0, 0.05) is 36.1 Å². The highest BCUT2D eigenvalue weighted by molar-refractivity contribution is 7.09. The smallest absolute Gasteiger partial charge is 0.202 e. The number of rotatable bonds is 5. The minimum atomic E-state index is 0.0522. The van der Waals surface area contributed by atoms with Crippen LogP contribution >= 0.6 is 11.5 Å². The molecule has 0 fully saturated rings. The molecule has 0 unspecified atom stereocenters. The number of nitrogens with one attached hydrogen (secondary N) is 1. The van der Waals surface area contributed by atoms with E-state index in [9.17, 15) is 10.2 Å². The first kappa shape index (κ1) is 13.6. The van der Waals surface area contributed by atoms with Gasteiger partial charge in [-0.15, -0.1) is 0 Å². The Morgan fingerprint density at radius 3 is 2.79 bits per heavy atom. The first-order chi connectivity index (χ1) is 9.04. The molecule has 0 aliphatic heterocycles. The molecule has 0 aliphatic rings. The molecule has 19 heavy (non-hydrogen) atoms. The average molecular weight is 279 g/mol. The van der Waals surface area contributed by atoms with Crippen molar-refractivity contribution >= 4 is 16.7 Å². The summed E-state index contributed by atoms with van der Waals surface area (Å²) in [4.78, 5) is 4.38. The molecule has 0 saturated heterocycles. The number of anilines is 1. The molecule has 0 aliphatic carbocycles. The molecule has 6 heteroatoms. The third-order valence-electron chi connectivity index (χ3n) is 2.56. The minimum Gasteiger partial charge on any atom is -0.508 e. The zero-order valence-corrected chi connectivity index (χ0v) is 11.7. The molecule has 102 valence electrons. The van der Waals surface area contributed by atoms with Crippen LogP contribution in [-0.4, -0.2) is 19.6 Å². The zero-order valence-electron chi connectivity index (χ0n) is 10.9. The number of nitrogens with zero attached hydrogens (tertiary/aromatic N) is 2. The summed E-state index contributed by atoms with van der Waals surface area (Å²) in [6.45, 7) is 4.70. The zero-order chi connectivity index (χ0) is 13.8. The van der Waals surface area contributed by atoms with E-state index in [1.807, 2.05) is 0 Å². The average Bonchev–Trinajstić information content (AvgIpc) is 2.74. The maximum atomic E-state index is 9.66. The largest absolute Gasteiger partial charge is 0.508 e. The van der Waals surface area contributed by atoms with Gasteiger partial charge in [0.2, 0.25) is 5.13 Å². The van der Waals surface area contributed by atoms with Crippen LogP contribution in [0.5, 0.6) is 11.5 Å². The third-order valence-corrected chi connectivity index (χ3v) is 3.27. The Morgan fingerprint density at radius 2 is 2.11 bits per heavy atom. The highest BCUT2D eigenvalue weighted by Crippen LogP contribution is 2.23. The number of hydrogen-bond donors (Lipinski definition) is 3. The van der Waals surface area contributed by atoms with Gasteiger partial charge in [-0.25, -0.2) is 4.98 Å². The first-order valence-corrected chi connectivity index (χ1v) is 6.89. The highest BCUT2D eigenvalue weighted by atomic mass is 32.1. The summed E-state index contributed by atoms with van der Waals surface area (Å²) in [6, 6.07) is 4.54. The van der Waals surface area contributed by atoms with Gasteiger partial charge in [0.25, 0.3) is 0 Å². The fourth-order valence-electron chi connectivity index (χ4n) is 1.65. The van der Waals surface area contributed by atoms with Gasteiger partial charge in [-0.2, -0.15) is 4.37 Å². The Hall–Kier alpha value is -1.82. The summed E-state index contributed by atoms with van der Waals surface area (Å²) in [5.41, 5.74) is 0.707. The highest BCUT2D eigenvalue weighted by Gasteiger charge is 2.07. The van der Waals surface area contributed by atoms with Crippen molar-refractivity contribution in [2.45, 2.75) is 26.8 Å². The predicted molar refractivity (Wildman–Crippen MR) is 75.5 cm³/mol. The van der Waals surface area contributed by atoms with Crippen molar-refractivity contribution in [2.24, 2.45) is 5.92 Å². The van der Waals surface area contributed by atoms with Crippen LogP contribution in [0.25, 0.3) is 0 Å². The van der Waals surface area contributed by atoms with E-state index in [0.717, 1.165) is 17.4 Å². The van der Waals surface area contributed by atoms with Crippen LogP contribution in [0.3, 0.4) is 0 Å². The number of phenolic OH excluding ortho intramolecular Hbond substituents is 2. The molecule has 2 rings (SSSR count). The molecular formula is C13H17N3O2S. The molecule has 0 bridgehead atoms. The number of hydrogen-bond acceptors (Lipinski definition) is 6. The van der Waals surface area contributed by atoms with E-state index in [-0.39, 0.29) is 11.5 Å². The molecule has 1 heterocycles. The molecule has 2 aromatic rings. The number of aromatic nitrogens is 2. The second kappa shape index (κ2) is 5.88. The van der Waals surface area contributed by atoms with Gasteiger partial charge >= 0.3 is 0 Å². The van der Waals surface area contributed by atoms with Crippen molar-refractivity contribution in [3.8, 4) is 11.5 Å². The minimum absolute atomic E-state index is 0.0522. The Morgan fingerprint density at radius 1 is 1.32 bits per heavy atom. The van der Waals surface area contributed by atoms with E-state index in [2.05, 4.69) is 28.5 Å². The molecule has 1 aromatic heterocycles. The lowest BCUT2D eigenvalue weighted by molar-refractivity contribution is 0.446. The van der Waals surface area contributed by atoms with Gasteiger partial charge in [0.15, 0.2) is 0 Å². The summed E-state index contributed by atoms with van der Waals surface area (Å²) < 4.78 is 4.27. The lowest BCUT2D eigenvalue weighted by Crippen LogP contribution is -2.00. The summed E-state index contributed by atoms with van der Waals surface area (Å²) in [7, 11) is 0. The summed E-state index contributed by atoms with van der Waals surface area (Å²) >= 11 is 1.32. The van der Waals surface area contributed by atoms with Gasteiger partial charge in [0.1, 0.15) is 17.3 Å². The van der Waals surface area contributed by atoms with Crippen LogP contribution in [0.2, 0.25) is 0 Å². The number of phenols is 2. The topological polar surface area (TPSA) is 78.3 Å². The molecule has 5 nitrogen and oxygen atoms in total. The number of benzene rings is 1. The van der Waals surface area contributed by atoms with Gasteiger partial charge < -0.3 is 15.5 Å². The van der Waals surface area contributed by atoms with Gasteiger partial charge in [-0.3, -0.25) is 0 Å². The molecule has 3 N–H and O–H groups in total. The monoisotopic (exact) mass is 279 g/mol. The van der Waals surface area contributed by atoms with Crippen molar-refractivity contribution in [3.63, 3.8) is 0 Å². The molecule has 0 amide bonds. The summed E-state index contributed by atoms with van der Waals surface area (Å²) in [6.07, 6.45) is 0.864. The second-order valence-corrected chi connectivity index (χ2v) is 5.53. The molecular weight excluding hydrogens is 262 g/mol. The normalized spacial score (nSPS) is 10.9. The Balaban J connectivity index is 1.96. The van der Waals surface area contributed by atoms with E-state index >= 15 is 0 Å². The summed E-state index contributed by atoms with van der Waals surface area (Å²) in [5, 5.41) is 22.7. The van der Waals surface area contributed by atoms with E-state index in [4.69, 9.17) is 0 Å². The Kier molecular flexibility index (Phi) is 4.21. The predicted octanol–water partition coefficient (Wildman–Crippen LogP) is 2.76. The van der Waals surface area contributed by atoms with Crippen molar-refractivity contribution in [3.05, 3.63) is 29.6 Å². The molecule has 0 radical (unpaired) electrons. The number of aromatic hydroxyl groups is 2. The van der Waals surface area contributed by atoms with E-state index in [1.54, 1.807) is 12.1 Å². The third kappa shape index (κ3) is 3.82. The van der Waals surface area contributed by atoms with E-state index in [1.165, 1.54) is 17.6 Å². The van der Waals surface area contributed by atoms with Gasteiger partial charge in [-0.1, -0.05) is 13.8 Å². The molecule has 1 aromatic carbocycles. The second-order valence-electron chi connectivity index (χ2n) is 4.78. The molecule has 0 spiro atoms. The van der Waals surface area contributed by atoms with Gasteiger partial charge in [0.05, 0.1) is 0 Å². The van der Waals surface area contributed by atoms with Crippen LogP contribution < -0.4 is 5.32 Å². The van der Waals surface area contributed by atoms with Crippen molar-refractivity contribution in [2.75, 3.05) is 5.32 Å². The maximum absolute atomic E-state index is 9.66. The van der Waals surface area contributed by atoms with Crippen molar-refractivity contribution in [1.29, 1.82) is 0 Å². The molecule has 0 saturated carbocycles. The SMILES string of the molecule is CC(C)Cc1nsc(NCc2ccc(O)cc2O)n1. The van der Waals surface area contributed by atoms with E-state index in [0.29, 0.717) is 18.0 Å². The fraction of sp³-hybridized carbons (Fsp3) is 0.385. The molecule has 0 atom stereocenters. The van der Waals surface area contributed by atoms with Crippen molar-refractivity contribution < 1.29 is 10.2 Å². The van der Waals surface area contributed by atoms with E-state index < -0.39 is 0 Å². The maximum Gasteiger partial charge on any atom is 0.202 e. The fourth-order valence-corrected chi connectivity index (χ4v) is 2.24. The lowest BCUT2D eigenvalue weighted by Gasteiger charge is -2.05. The van der Waals surface area contributed by atoms with Crippen LogP contribution in [0, 0.1) is 5.92 Å². The van der Waals surface area contributed by atoms with Crippen LogP contribution in [-0.2, 0) is 13.0 Å². The lowest BCUT2D eigenvalue weighted by atomic mass is 10.1. The van der Waals surface area contributed by atoms with Crippen LogP contribution in [0.4, 0.5) is 5.13 Å². The standard InChI is InChI=1S/C13H17N3O2S/c1-8(2)5-12-15-13(19-16-12)14-7-9-3-4-10(17)6-11(9)18/h3-4,6,8,17-18H,5,7H2,1-2H3,(H,14,15,16). The Bertz CT molecular complexity index is 555.